The Kier molecular flexibility index (Phi) is 6.67. The molecule has 0 radical (unpaired) electrons. The first-order valence-electron chi connectivity index (χ1n) is 8.93. The summed E-state index contributed by atoms with van der Waals surface area (Å²) in [5, 5.41) is 2.97. The monoisotopic (exact) mass is 347 g/mol. The zero-order valence-electron chi connectivity index (χ0n) is 15.7. The smallest absolute Gasteiger partial charge is 0.321 e. The predicted octanol–water partition coefficient (Wildman–Crippen LogP) is 3.12. The number of hydrogen-bond donors (Lipinski definition) is 1. The van der Waals surface area contributed by atoms with Gasteiger partial charge in [0.15, 0.2) is 0 Å². The summed E-state index contributed by atoms with van der Waals surface area (Å²) in [5.74, 6) is 0.995. The first-order chi connectivity index (χ1) is 11.9. The van der Waals surface area contributed by atoms with Crippen LogP contribution in [0.15, 0.2) is 18.2 Å². The van der Waals surface area contributed by atoms with Crippen LogP contribution in [0.3, 0.4) is 0 Å². The molecule has 3 amide bonds. The van der Waals surface area contributed by atoms with E-state index in [1.54, 1.807) is 23.9 Å². The normalized spacial score (nSPS) is 15.0. The van der Waals surface area contributed by atoms with Crippen LogP contribution in [0, 0.1) is 12.8 Å². The Morgan fingerprint density at radius 1 is 1.28 bits per heavy atom. The molecule has 1 saturated heterocycles. The number of rotatable bonds is 5. The molecule has 0 aromatic heterocycles. The topological polar surface area (TPSA) is 61.9 Å². The second-order valence-corrected chi connectivity index (χ2v) is 6.75. The van der Waals surface area contributed by atoms with Crippen molar-refractivity contribution < 1.29 is 14.3 Å². The van der Waals surface area contributed by atoms with Gasteiger partial charge >= 0.3 is 6.03 Å². The van der Waals surface area contributed by atoms with E-state index in [0.29, 0.717) is 32.5 Å². The molecular weight excluding hydrogens is 318 g/mol. The van der Waals surface area contributed by atoms with Crippen molar-refractivity contribution in [2.45, 2.75) is 33.1 Å². The molecule has 0 unspecified atom stereocenters. The van der Waals surface area contributed by atoms with Gasteiger partial charge in [-0.1, -0.05) is 6.92 Å². The van der Waals surface area contributed by atoms with Crippen LogP contribution in [0.1, 0.15) is 31.7 Å². The van der Waals surface area contributed by atoms with Gasteiger partial charge in [0.1, 0.15) is 5.75 Å². The number of hydrogen-bond acceptors (Lipinski definition) is 3. The fourth-order valence-electron chi connectivity index (χ4n) is 2.98. The van der Waals surface area contributed by atoms with Crippen LogP contribution >= 0.6 is 0 Å². The maximum atomic E-state index is 12.5. The molecule has 0 bridgehead atoms. The van der Waals surface area contributed by atoms with Gasteiger partial charge in [-0.05, 0) is 49.9 Å². The molecule has 1 aliphatic heterocycles. The second-order valence-electron chi connectivity index (χ2n) is 6.75. The summed E-state index contributed by atoms with van der Waals surface area (Å²) in [5.41, 5.74) is 1.76. The number of benzene rings is 1. The van der Waals surface area contributed by atoms with E-state index in [1.807, 2.05) is 25.1 Å². The average molecular weight is 347 g/mol. The molecule has 6 heteroatoms. The molecule has 1 heterocycles. The molecule has 0 aliphatic carbocycles. The third-order valence-electron chi connectivity index (χ3n) is 4.48. The first kappa shape index (κ1) is 19.1. The summed E-state index contributed by atoms with van der Waals surface area (Å²) >= 11 is 0. The summed E-state index contributed by atoms with van der Waals surface area (Å²) < 4.78 is 5.61. The van der Waals surface area contributed by atoms with E-state index in [-0.39, 0.29) is 17.9 Å². The molecule has 1 N–H and O–H groups in total. The van der Waals surface area contributed by atoms with Crippen molar-refractivity contribution in [2.24, 2.45) is 5.92 Å². The lowest BCUT2D eigenvalue weighted by Gasteiger charge is -2.32. The van der Waals surface area contributed by atoms with Crippen LogP contribution in [0.2, 0.25) is 0 Å². The lowest BCUT2D eigenvalue weighted by Crippen LogP contribution is -2.44. The van der Waals surface area contributed by atoms with E-state index in [2.05, 4.69) is 12.2 Å². The minimum absolute atomic E-state index is 0.0239. The van der Waals surface area contributed by atoms with E-state index in [9.17, 15) is 9.59 Å². The number of amides is 3. The Morgan fingerprint density at radius 3 is 2.52 bits per heavy atom. The molecule has 0 atom stereocenters. The molecule has 1 aromatic rings. The summed E-state index contributed by atoms with van der Waals surface area (Å²) in [4.78, 5) is 27.9. The number of carbonyl (C=O) groups is 2. The zero-order valence-corrected chi connectivity index (χ0v) is 15.7. The first-order valence-corrected chi connectivity index (χ1v) is 8.93. The number of urea groups is 1. The Labute approximate surface area is 150 Å². The van der Waals surface area contributed by atoms with Crippen LogP contribution in [0.5, 0.6) is 5.75 Å². The van der Waals surface area contributed by atoms with E-state index in [1.165, 1.54) is 0 Å². The van der Waals surface area contributed by atoms with E-state index in [0.717, 1.165) is 23.4 Å². The number of aryl methyl sites for hydroxylation is 1. The average Bonchev–Trinajstić information content (AvgIpc) is 2.61. The highest BCUT2D eigenvalue weighted by molar-refractivity contribution is 5.90. The summed E-state index contributed by atoms with van der Waals surface area (Å²) in [6.45, 7) is 5.92. The van der Waals surface area contributed by atoms with Gasteiger partial charge in [-0.2, -0.15) is 0 Å². The molecule has 25 heavy (non-hydrogen) atoms. The van der Waals surface area contributed by atoms with Gasteiger partial charge in [0, 0.05) is 38.8 Å². The lowest BCUT2D eigenvalue weighted by atomic mass is 9.96. The zero-order chi connectivity index (χ0) is 18.4. The van der Waals surface area contributed by atoms with E-state index >= 15 is 0 Å². The molecule has 2 rings (SSSR count). The molecule has 1 aromatic carbocycles. The van der Waals surface area contributed by atoms with Gasteiger partial charge in [-0.3, -0.25) is 4.79 Å². The van der Waals surface area contributed by atoms with Crippen LogP contribution in [-0.4, -0.2) is 55.5 Å². The maximum absolute atomic E-state index is 12.5. The van der Waals surface area contributed by atoms with Crippen molar-refractivity contribution in [1.82, 2.24) is 9.80 Å². The second kappa shape index (κ2) is 8.74. The number of piperidine rings is 1. The number of carbonyl (C=O) groups excluding carboxylic acids is 2. The van der Waals surface area contributed by atoms with Gasteiger partial charge in [-0.25, -0.2) is 4.79 Å². The van der Waals surface area contributed by atoms with Gasteiger partial charge in [0.05, 0.1) is 6.61 Å². The van der Waals surface area contributed by atoms with Crippen molar-refractivity contribution in [3.05, 3.63) is 23.8 Å². The molecule has 138 valence electrons. The Bertz CT molecular complexity index is 608. The lowest BCUT2D eigenvalue weighted by molar-refractivity contribution is -0.134. The summed E-state index contributed by atoms with van der Waals surface area (Å²) in [6, 6.07) is 5.58. The Balaban J connectivity index is 1.89. The third-order valence-corrected chi connectivity index (χ3v) is 4.48. The minimum Gasteiger partial charge on any atom is -0.494 e. The maximum Gasteiger partial charge on any atom is 0.321 e. The fourth-order valence-corrected chi connectivity index (χ4v) is 2.98. The van der Waals surface area contributed by atoms with Gasteiger partial charge < -0.3 is 19.9 Å². The molecule has 0 saturated carbocycles. The highest BCUT2D eigenvalue weighted by atomic mass is 16.5. The Morgan fingerprint density at radius 2 is 1.96 bits per heavy atom. The van der Waals surface area contributed by atoms with Crippen molar-refractivity contribution >= 4 is 17.6 Å². The van der Waals surface area contributed by atoms with E-state index in [4.69, 9.17) is 4.74 Å². The molecular formula is C19H29N3O3. The van der Waals surface area contributed by atoms with Crippen molar-refractivity contribution in [3.63, 3.8) is 0 Å². The van der Waals surface area contributed by atoms with Gasteiger partial charge in [0.25, 0.3) is 0 Å². The number of nitrogens with one attached hydrogen (secondary N) is 1. The Hall–Kier alpha value is -2.24. The van der Waals surface area contributed by atoms with Crippen molar-refractivity contribution in [1.29, 1.82) is 0 Å². The van der Waals surface area contributed by atoms with Crippen LogP contribution in [0.25, 0.3) is 0 Å². The highest BCUT2D eigenvalue weighted by Gasteiger charge is 2.28. The highest BCUT2D eigenvalue weighted by Crippen LogP contribution is 2.23. The van der Waals surface area contributed by atoms with Crippen LogP contribution in [0.4, 0.5) is 10.5 Å². The standard InChI is InChI=1S/C19H29N3O3/c1-5-12-25-16-6-7-17(14(2)13-16)20-19(24)22-10-8-15(9-11-22)18(23)21(3)4/h6-7,13,15H,5,8-12H2,1-4H3,(H,20,24). The molecule has 1 fully saturated rings. The predicted molar refractivity (Wildman–Crippen MR) is 99.0 cm³/mol. The largest absolute Gasteiger partial charge is 0.494 e. The number of likely N-dealkylation sites (tertiary alicyclic amines) is 1. The number of ether oxygens (including phenoxy) is 1. The van der Waals surface area contributed by atoms with Gasteiger partial charge in [-0.15, -0.1) is 0 Å². The van der Waals surface area contributed by atoms with Crippen molar-refractivity contribution in [2.75, 3.05) is 39.1 Å². The van der Waals surface area contributed by atoms with Crippen molar-refractivity contribution in [3.8, 4) is 5.75 Å². The molecule has 0 spiro atoms. The van der Waals surface area contributed by atoms with Gasteiger partial charge in [0.2, 0.25) is 5.91 Å². The number of nitrogens with zero attached hydrogens (tertiary/aromatic N) is 2. The quantitative estimate of drug-likeness (QED) is 0.890. The summed E-state index contributed by atoms with van der Waals surface area (Å²) in [6.07, 6.45) is 2.39. The third kappa shape index (κ3) is 5.11. The molecule has 1 aliphatic rings. The fraction of sp³-hybridized carbons (Fsp3) is 0.579. The summed E-state index contributed by atoms with van der Waals surface area (Å²) in [7, 11) is 3.55. The SMILES string of the molecule is CCCOc1ccc(NC(=O)N2CCC(C(=O)N(C)C)CC2)c(C)c1. The molecule has 6 nitrogen and oxygen atoms in total. The minimum atomic E-state index is -0.110. The van der Waals surface area contributed by atoms with Crippen LogP contribution < -0.4 is 10.1 Å². The van der Waals surface area contributed by atoms with Crippen LogP contribution in [-0.2, 0) is 4.79 Å². The van der Waals surface area contributed by atoms with E-state index < -0.39 is 0 Å². The number of anilines is 1.